The highest BCUT2D eigenvalue weighted by Crippen LogP contribution is 2.30. The maximum Gasteiger partial charge on any atom is 0.337 e. The topological polar surface area (TPSA) is 82.0 Å². The number of carboxylic acid groups (broad SMARTS) is 1. The minimum absolute atomic E-state index is 0.0777. The number of nitrogens with one attached hydrogen (secondary N) is 1. The van der Waals surface area contributed by atoms with Crippen LogP contribution in [0.3, 0.4) is 0 Å². The van der Waals surface area contributed by atoms with Crippen LogP contribution in [0.25, 0.3) is 0 Å². The fourth-order valence-electron chi connectivity index (χ4n) is 3.43. The van der Waals surface area contributed by atoms with E-state index in [1.165, 1.54) is 0 Å². The first kappa shape index (κ1) is 19.3. The quantitative estimate of drug-likeness (QED) is 0.669. The van der Waals surface area contributed by atoms with E-state index in [1.54, 1.807) is 31.4 Å². The Kier molecular flexibility index (Phi) is 6.08. The molecule has 7 heteroatoms. The van der Waals surface area contributed by atoms with Crippen LogP contribution in [0.4, 0.5) is 11.4 Å². The number of hydrogen-bond acceptors (Lipinski definition) is 5. The first-order chi connectivity index (χ1) is 13.0. The second-order valence-corrected chi connectivity index (χ2v) is 6.94. The first-order valence-electron chi connectivity index (χ1n) is 8.84. The molecule has 6 nitrogen and oxygen atoms in total. The predicted octanol–water partition coefficient (Wildman–Crippen LogP) is 3.62. The number of anilines is 2. The molecular formula is C20H23ClN2O4. The van der Waals surface area contributed by atoms with Gasteiger partial charge >= 0.3 is 5.97 Å². The van der Waals surface area contributed by atoms with E-state index in [-0.39, 0.29) is 18.2 Å². The summed E-state index contributed by atoms with van der Waals surface area (Å²) in [4.78, 5) is 13.7. The number of methoxy groups -OCH3 is 1. The van der Waals surface area contributed by atoms with Gasteiger partial charge in [-0.3, -0.25) is 0 Å². The highest BCUT2D eigenvalue weighted by molar-refractivity contribution is 6.32. The Bertz CT molecular complexity index is 828. The van der Waals surface area contributed by atoms with Gasteiger partial charge in [0.25, 0.3) is 0 Å². The lowest BCUT2D eigenvalue weighted by Crippen LogP contribution is -2.32. The Balaban J connectivity index is 1.83. The summed E-state index contributed by atoms with van der Waals surface area (Å²) in [7, 11) is 1.56. The monoisotopic (exact) mass is 390 g/mol. The number of rotatable bonds is 7. The number of aromatic carboxylic acids is 1. The van der Waals surface area contributed by atoms with Gasteiger partial charge in [-0.1, -0.05) is 17.7 Å². The first-order valence-corrected chi connectivity index (χ1v) is 9.22. The molecule has 1 unspecified atom stereocenters. The molecule has 0 spiro atoms. The largest absolute Gasteiger partial charge is 0.495 e. The molecule has 3 N–H and O–H groups in total. The fraction of sp³-hybridized carbons (Fsp3) is 0.350. The van der Waals surface area contributed by atoms with Gasteiger partial charge in [0.05, 0.1) is 36.0 Å². The number of halogens is 1. The van der Waals surface area contributed by atoms with Crippen LogP contribution < -0.4 is 15.0 Å². The predicted molar refractivity (Wildman–Crippen MR) is 106 cm³/mol. The molecule has 144 valence electrons. The Hall–Kier alpha value is -2.44. The normalized spacial score (nSPS) is 16.4. The maximum atomic E-state index is 11.6. The zero-order valence-corrected chi connectivity index (χ0v) is 15.9. The Labute approximate surface area is 163 Å². The molecule has 1 aliphatic heterocycles. The number of carbonyl (C=O) groups is 1. The van der Waals surface area contributed by atoms with E-state index in [0.29, 0.717) is 23.0 Å². The number of ether oxygens (including phenoxy) is 1. The van der Waals surface area contributed by atoms with Gasteiger partial charge in [-0.15, -0.1) is 0 Å². The Morgan fingerprint density at radius 2 is 2.15 bits per heavy atom. The zero-order valence-electron chi connectivity index (χ0n) is 15.1. The number of nitrogens with zero attached hydrogens (tertiary/aromatic N) is 1. The van der Waals surface area contributed by atoms with Gasteiger partial charge in [-0.25, -0.2) is 4.79 Å². The van der Waals surface area contributed by atoms with Crippen molar-refractivity contribution in [3.63, 3.8) is 0 Å². The number of benzene rings is 2. The van der Waals surface area contributed by atoms with Crippen molar-refractivity contribution in [3.8, 4) is 5.75 Å². The lowest BCUT2D eigenvalue weighted by Gasteiger charge is -2.26. The lowest BCUT2D eigenvalue weighted by molar-refractivity contribution is 0.0698. The second-order valence-electron chi connectivity index (χ2n) is 6.53. The van der Waals surface area contributed by atoms with Gasteiger partial charge in [-0.05, 0) is 48.7 Å². The molecule has 27 heavy (non-hydrogen) atoms. The average Bonchev–Trinajstić information content (AvgIpc) is 3.15. The van der Waals surface area contributed by atoms with Crippen LogP contribution in [-0.4, -0.2) is 42.5 Å². The molecule has 1 saturated heterocycles. The van der Waals surface area contributed by atoms with Crippen LogP contribution >= 0.6 is 11.6 Å². The van der Waals surface area contributed by atoms with Crippen LogP contribution in [0, 0.1) is 0 Å². The molecule has 1 aliphatic rings. The highest BCUT2D eigenvalue weighted by atomic mass is 35.5. The number of hydrogen-bond donors (Lipinski definition) is 3. The molecule has 1 heterocycles. The van der Waals surface area contributed by atoms with Crippen LogP contribution in [0.15, 0.2) is 36.4 Å². The van der Waals surface area contributed by atoms with Crippen molar-refractivity contribution in [1.82, 2.24) is 0 Å². The minimum atomic E-state index is -0.989. The molecule has 1 atom stereocenters. The zero-order chi connectivity index (χ0) is 19.4. The van der Waals surface area contributed by atoms with Gasteiger partial charge in [0.15, 0.2) is 0 Å². The van der Waals surface area contributed by atoms with Gasteiger partial charge in [0, 0.05) is 18.8 Å². The summed E-state index contributed by atoms with van der Waals surface area (Å²) in [6, 6.07) is 10.8. The maximum absolute atomic E-state index is 11.6. The van der Waals surface area contributed by atoms with E-state index in [2.05, 4.69) is 10.2 Å². The van der Waals surface area contributed by atoms with Crippen molar-refractivity contribution in [2.75, 3.05) is 30.5 Å². The van der Waals surface area contributed by atoms with Crippen LogP contribution in [-0.2, 0) is 6.54 Å². The minimum Gasteiger partial charge on any atom is -0.495 e. The second kappa shape index (κ2) is 8.50. The van der Waals surface area contributed by atoms with E-state index < -0.39 is 5.97 Å². The summed E-state index contributed by atoms with van der Waals surface area (Å²) >= 11 is 6.16. The van der Waals surface area contributed by atoms with Crippen molar-refractivity contribution >= 4 is 28.9 Å². The Morgan fingerprint density at radius 3 is 2.81 bits per heavy atom. The smallest absolute Gasteiger partial charge is 0.337 e. The summed E-state index contributed by atoms with van der Waals surface area (Å²) in [5, 5.41) is 22.8. The van der Waals surface area contributed by atoms with Crippen LogP contribution in [0.1, 0.15) is 28.8 Å². The lowest BCUT2D eigenvalue weighted by atomic mass is 10.1. The SMILES string of the molecule is COc1ccc(CNc2cc(N3CCCC3CO)ccc2C(=O)O)cc1Cl. The van der Waals surface area contributed by atoms with Crippen molar-refractivity contribution in [1.29, 1.82) is 0 Å². The van der Waals surface area contributed by atoms with Gasteiger partial charge in [0.2, 0.25) is 0 Å². The molecule has 0 radical (unpaired) electrons. The molecular weight excluding hydrogens is 368 g/mol. The molecule has 3 rings (SSSR count). The molecule has 0 amide bonds. The van der Waals surface area contributed by atoms with E-state index in [9.17, 15) is 15.0 Å². The van der Waals surface area contributed by atoms with Crippen molar-refractivity contribution in [2.24, 2.45) is 0 Å². The molecule has 2 aromatic carbocycles. The highest BCUT2D eigenvalue weighted by Gasteiger charge is 2.25. The molecule has 0 aliphatic carbocycles. The summed E-state index contributed by atoms with van der Waals surface area (Å²) in [5.74, 6) is -0.394. The third-order valence-electron chi connectivity index (χ3n) is 4.85. The summed E-state index contributed by atoms with van der Waals surface area (Å²) in [6.07, 6.45) is 1.95. The third-order valence-corrected chi connectivity index (χ3v) is 5.15. The van der Waals surface area contributed by atoms with Crippen LogP contribution in [0.5, 0.6) is 5.75 Å². The van der Waals surface area contributed by atoms with E-state index in [4.69, 9.17) is 16.3 Å². The van der Waals surface area contributed by atoms with Crippen LogP contribution in [0.2, 0.25) is 5.02 Å². The number of aliphatic hydroxyl groups excluding tert-OH is 1. The standard InChI is InChI=1S/C20H23ClN2O4/c1-27-19-7-4-13(9-17(19)21)11-22-18-10-14(5-6-16(18)20(25)26)23-8-2-3-15(23)12-24/h4-7,9-10,15,22,24H,2-3,8,11-12H2,1H3,(H,25,26). The van der Waals surface area contributed by atoms with Gasteiger partial charge in [-0.2, -0.15) is 0 Å². The van der Waals surface area contributed by atoms with Crippen molar-refractivity contribution < 1.29 is 19.7 Å². The van der Waals surface area contributed by atoms with Crippen molar-refractivity contribution in [3.05, 3.63) is 52.5 Å². The summed E-state index contributed by atoms with van der Waals surface area (Å²) in [5.41, 5.74) is 2.57. The fourth-order valence-corrected chi connectivity index (χ4v) is 3.71. The molecule has 1 fully saturated rings. The molecule has 2 aromatic rings. The average molecular weight is 391 g/mol. The molecule has 0 bridgehead atoms. The molecule has 0 saturated carbocycles. The third kappa shape index (κ3) is 4.28. The van der Waals surface area contributed by atoms with E-state index in [0.717, 1.165) is 30.6 Å². The number of aliphatic hydroxyl groups is 1. The summed E-state index contributed by atoms with van der Waals surface area (Å²) in [6.45, 7) is 1.37. The van der Waals surface area contributed by atoms with E-state index in [1.807, 2.05) is 12.1 Å². The molecule has 0 aromatic heterocycles. The Morgan fingerprint density at radius 1 is 1.33 bits per heavy atom. The number of carboxylic acids is 1. The van der Waals surface area contributed by atoms with E-state index >= 15 is 0 Å². The summed E-state index contributed by atoms with van der Waals surface area (Å²) < 4.78 is 5.15. The van der Waals surface area contributed by atoms with Crippen molar-refractivity contribution in [2.45, 2.75) is 25.4 Å². The van der Waals surface area contributed by atoms with Gasteiger partial charge in [0.1, 0.15) is 5.75 Å². The van der Waals surface area contributed by atoms with Gasteiger partial charge < -0.3 is 25.2 Å².